The largest absolute Gasteiger partial charge is 0.378 e. The highest BCUT2D eigenvalue weighted by atomic mass is 127. The van der Waals surface area contributed by atoms with Crippen LogP contribution in [0.5, 0.6) is 0 Å². The summed E-state index contributed by atoms with van der Waals surface area (Å²) in [6, 6.07) is 7.07. The van der Waals surface area contributed by atoms with Gasteiger partial charge < -0.3 is 15.5 Å². The van der Waals surface area contributed by atoms with E-state index in [0.717, 1.165) is 45.0 Å². The molecule has 146 valence electrons. The second-order valence-electron chi connectivity index (χ2n) is 6.94. The van der Waals surface area contributed by atoms with Gasteiger partial charge in [0.15, 0.2) is 5.96 Å². The number of hydrogen-bond donors (Lipinski definition) is 2. The molecule has 1 heterocycles. The van der Waals surface area contributed by atoms with Gasteiger partial charge in [0, 0.05) is 59.1 Å². The SMILES string of the molecule is C=CCN1CCC(NC(=NC)NCc2ccc(N(C)C)cc2C)CC1.I. The first kappa shape index (κ1) is 22.8. The van der Waals surface area contributed by atoms with Crippen LogP contribution in [0.4, 0.5) is 5.69 Å². The Kier molecular flexibility index (Phi) is 10.0. The van der Waals surface area contributed by atoms with Crippen molar-refractivity contribution in [1.29, 1.82) is 0 Å². The van der Waals surface area contributed by atoms with Crippen molar-refractivity contribution in [2.75, 3.05) is 45.7 Å². The Balaban J connectivity index is 0.00000338. The summed E-state index contributed by atoms with van der Waals surface area (Å²) in [7, 11) is 5.97. The Morgan fingerprint density at radius 1 is 1.35 bits per heavy atom. The Bertz CT molecular complexity index is 592. The Hall–Kier alpha value is -1.28. The first-order chi connectivity index (χ1) is 12.0. The number of nitrogens with one attached hydrogen (secondary N) is 2. The van der Waals surface area contributed by atoms with Crippen LogP contribution in [0.2, 0.25) is 0 Å². The van der Waals surface area contributed by atoms with E-state index in [-0.39, 0.29) is 24.0 Å². The van der Waals surface area contributed by atoms with Gasteiger partial charge in [0.05, 0.1) is 0 Å². The van der Waals surface area contributed by atoms with E-state index in [0.29, 0.717) is 6.04 Å². The van der Waals surface area contributed by atoms with Gasteiger partial charge >= 0.3 is 0 Å². The van der Waals surface area contributed by atoms with Gasteiger partial charge in [0.2, 0.25) is 0 Å². The molecule has 1 aromatic rings. The summed E-state index contributed by atoms with van der Waals surface area (Å²) in [6.45, 7) is 9.99. The van der Waals surface area contributed by atoms with Crippen LogP contribution in [0.25, 0.3) is 0 Å². The van der Waals surface area contributed by atoms with Crippen LogP contribution in [0.15, 0.2) is 35.8 Å². The first-order valence-electron chi connectivity index (χ1n) is 9.10. The highest BCUT2D eigenvalue weighted by Gasteiger charge is 2.19. The summed E-state index contributed by atoms with van der Waals surface area (Å²) in [5, 5.41) is 7.02. The van der Waals surface area contributed by atoms with Gasteiger partial charge in [-0.25, -0.2) is 0 Å². The van der Waals surface area contributed by atoms with Gasteiger partial charge in [-0.05, 0) is 43.0 Å². The molecule has 0 amide bonds. The fraction of sp³-hybridized carbons (Fsp3) is 0.550. The molecule has 0 spiro atoms. The Morgan fingerprint density at radius 3 is 2.58 bits per heavy atom. The number of aryl methyl sites for hydroxylation is 1. The summed E-state index contributed by atoms with van der Waals surface area (Å²) in [4.78, 5) is 8.95. The number of anilines is 1. The maximum atomic E-state index is 4.38. The molecule has 2 rings (SSSR count). The second-order valence-corrected chi connectivity index (χ2v) is 6.94. The average molecular weight is 471 g/mol. The average Bonchev–Trinajstić information content (AvgIpc) is 2.61. The van der Waals surface area contributed by atoms with Crippen LogP contribution in [-0.2, 0) is 6.54 Å². The molecule has 0 aliphatic carbocycles. The zero-order chi connectivity index (χ0) is 18.2. The number of nitrogens with zero attached hydrogens (tertiary/aromatic N) is 3. The maximum absolute atomic E-state index is 4.38. The molecule has 5 nitrogen and oxygen atoms in total. The molecule has 0 unspecified atom stereocenters. The third-order valence-electron chi connectivity index (χ3n) is 4.83. The van der Waals surface area contributed by atoms with E-state index in [4.69, 9.17) is 0 Å². The molecule has 1 fully saturated rings. The minimum atomic E-state index is 0. The monoisotopic (exact) mass is 471 g/mol. The van der Waals surface area contributed by atoms with E-state index >= 15 is 0 Å². The predicted octanol–water partition coefficient (Wildman–Crippen LogP) is 2.99. The third kappa shape index (κ3) is 6.79. The standard InChI is InChI=1S/C20H33N5.HI/c1-6-11-25-12-9-18(10-13-25)23-20(21-3)22-15-17-7-8-19(24(4)5)14-16(17)2;/h6-8,14,18H,1,9-13,15H2,2-5H3,(H2,21,22,23);1H. The molecule has 0 atom stereocenters. The molecular weight excluding hydrogens is 437 g/mol. The number of halogens is 1. The minimum Gasteiger partial charge on any atom is -0.378 e. The van der Waals surface area contributed by atoms with Crippen LogP contribution >= 0.6 is 24.0 Å². The normalized spacial score (nSPS) is 15.9. The van der Waals surface area contributed by atoms with Crippen LogP contribution in [0, 0.1) is 6.92 Å². The highest BCUT2D eigenvalue weighted by molar-refractivity contribution is 14.0. The van der Waals surface area contributed by atoms with Crippen molar-refractivity contribution in [3.63, 3.8) is 0 Å². The first-order valence-corrected chi connectivity index (χ1v) is 9.10. The zero-order valence-electron chi connectivity index (χ0n) is 16.6. The third-order valence-corrected chi connectivity index (χ3v) is 4.83. The molecule has 1 aliphatic rings. The maximum Gasteiger partial charge on any atom is 0.191 e. The summed E-state index contributed by atoms with van der Waals surface area (Å²) in [5.74, 6) is 0.887. The van der Waals surface area contributed by atoms with Crippen molar-refractivity contribution in [3.05, 3.63) is 42.0 Å². The number of hydrogen-bond acceptors (Lipinski definition) is 3. The van der Waals surface area contributed by atoms with Crippen LogP contribution in [-0.4, -0.2) is 57.7 Å². The topological polar surface area (TPSA) is 42.9 Å². The lowest BCUT2D eigenvalue weighted by Crippen LogP contribution is -2.48. The fourth-order valence-electron chi connectivity index (χ4n) is 3.17. The van der Waals surface area contributed by atoms with Gasteiger partial charge in [-0.15, -0.1) is 30.6 Å². The van der Waals surface area contributed by atoms with Gasteiger partial charge in [-0.1, -0.05) is 12.1 Å². The number of guanidine groups is 1. The Morgan fingerprint density at radius 2 is 2.04 bits per heavy atom. The lowest BCUT2D eigenvalue weighted by atomic mass is 10.1. The minimum absolute atomic E-state index is 0. The molecule has 0 aromatic heterocycles. The quantitative estimate of drug-likeness (QED) is 0.290. The van der Waals surface area contributed by atoms with Gasteiger partial charge in [0.1, 0.15) is 0 Å². The van der Waals surface area contributed by atoms with Crippen molar-refractivity contribution in [2.24, 2.45) is 4.99 Å². The molecule has 1 aliphatic heterocycles. The van der Waals surface area contributed by atoms with Crippen molar-refractivity contribution in [2.45, 2.75) is 32.4 Å². The number of rotatable bonds is 6. The number of aliphatic imine (C=N–C) groups is 1. The number of benzene rings is 1. The highest BCUT2D eigenvalue weighted by Crippen LogP contribution is 2.17. The van der Waals surface area contributed by atoms with Gasteiger partial charge in [-0.2, -0.15) is 0 Å². The Labute approximate surface area is 176 Å². The fourth-order valence-corrected chi connectivity index (χ4v) is 3.17. The van der Waals surface area contributed by atoms with Crippen LogP contribution < -0.4 is 15.5 Å². The summed E-state index contributed by atoms with van der Waals surface area (Å²) in [5.41, 5.74) is 3.83. The van der Waals surface area contributed by atoms with E-state index in [9.17, 15) is 0 Å². The lowest BCUT2D eigenvalue weighted by Gasteiger charge is -2.32. The lowest BCUT2D eigenvalue weighted by molar-refractivity contribution is 0.225. The van der Waals surface area contributed by atoms with E-state index in [1.54, 1.807) is 0 Å². The van der Waals surface area contributed by atoms with Crippen LogP contribution in [0.1, 0.15) is 24.0 Å². The molecule has 1 aromatic carbocycles. The van der Waals surface area contributed by atoms with Crippen molar-refractivity contribution in [3.8, 4) is 0 Å². The molecule has 26 heavy (non-hydrogen) atoms. The van der Waals surface area contributed by atoms with E-state index in [2.05, 4.69) is 71.2 Å². The summed E-state index contributed by atoms with van der Waals surface area (Å²) >= 11 is 0. The van der Waals surface area contributed by atoms with Gasteiger partial charge in [0.25, 0.3) is 0 Å². The molecule has 2 N–H and O–H groups in total. The van der Waals surface area contributed by atoms with Crippen molar-refractivity contribution in [1.82, 2.24) is 15.5 Å². The predicted molar refractivity (Wildman–Crippen MR) is 124 cm³/mol. The molecule has 6 heteroatoms. The molecule has 0 bridgehead atoms. The van der Waals surface area contributed by atoms with Crippen molar-refractivity contribution < 1.29 is 0 Å². The smallest absolute Gasteiger partial charge is 0.191 e. The van der Waals surface area contributed by atoms with Crippen molar-refractivity contribution >= 4 is 35.6 Å². The van der Waals surface area contributed by atoms with E-state index in [1.165, 1.54) is 16.8 Å². The van der Waals surface area contributed by atoms with Crippen LogP contribution in [0.3, 0.4) is 0 Å². The van der Waals surface area contributed by atoms with E-state index in [1.807, 2.05) is 13.1 Å². The summed E-state index contributed by atoms with van der Waals surface area (Å²) < 4.78 is 0. The molecule has 1 saturated heterocycles. The van der Waals surface area contributed by atoms with Gasteiger partial charge in [-0.3, -0.25) is 9.89 Å². The summed E-state index contributed by atoms with van der Waals surface area (Å²) in [6.07, 6.45) is 4.27. The molecular formula is C20H34IN5. The van der Waals surface area contributed by atoms with E-state index < -0.39 is 0 Å². The second kappa shape index (κ2) is 11.4. The number of likely N-dealkylation sites (tertiary alicyclic amines) is 1. The number of piperidine rings is 1. The zero-order valence-corrected chi connectivity index (χ0v) is 18.9. The molecule has 0 saturated carbocycles. The molecule has 0 radical (unpaired) electrons.